The topological polar surface area (TPSA) is 57.4 Å². The van der Waals surface area contributed by atoms with E-state index in [9.17, 15) is 0 Å². The van der Waals surface area contributed by atoms with E-state index in [0.29, 0.717) is 6.54 Å². The van der Waals surface area contributed by atoms with Crippen LogP contribution in [0, 0.1) is 0 Å². The highest BCUT2D eigenvalue weighted by Gasteiger charge is 2.51. The Labute approximate surface area is 115 Å². The van der Waals surface area contributed by atoms with E-state index in [1.165, 1.54) is 0 Å². The molecule has 1 fully saturated rings. The second kappa shape index (κ2) is 5.08. The third-order valence-corrected chi connectivity index (χ3v) is 3.75. The van der Waals surface area contributed by atoms with E-state index in [2.05, 4.69) is 4.98 Å². The number of nitrogens with zero attached hydrogens (tertiary/aromatic N) is 1. The Balaban J connectivity index is 2.22. The van der Waals surface area contributed by atoms with Gasteiger partial charge in [-0.3, -0.25) is 4.98 Å². The van der Waals surface area contributed by atoms with Gasteiger partial charge in [0.1, 0.15) is 0 Å². The number of hydrogen-bond donors (Lipinski definition) is 1. The zero-order valence-electron chi connectivity index (χ0n) is 12.0. The summed E-state index contributed by atoms with van der Waals surface area (Å²) in [5.74, 6) is 0. The normalized spacial score (nSPS) is 21.2. The van der Waals surface area contributed by atoms with Gasteiger partial charge >= 0.3 is 7.12 Å². The molecule has 0 unspecified atom stereocenters. The lowest BCUT2D eigenvalue weighted by Crippen LogP contribution is -2.41. The smallest absolute Gasteiger partial charge is 0.399 e. The molecule has 1 saturated heterocycles. The van der Waals surface area contributed by atoms with E-state index < -0.39 is 0 Å². The summed E-state index contributed by atoms with van der Waals surface area (Å²) in [6.45, 7) is 8.68. The lowest BCUT2D eigenvalue weighted by atomic mass is 9.80. The Kier molecular flexibility index (Phi) is 3.81. The van der Waals surface area contributed by atoms with E-state index in [-0.39, 0.29) is 18.3 Å². The zero-order chi connectivity index (χ0) is 14.1. The summed E-state index contributed by atoms with van der Waals surface area (Å²) in [4.78, 5) is 4.23. The Bertz CT molecular complexity index is 470. The molecule has 2 rings (SSSR count). The highest BCUT2D eigenvalue weighted by atomic mass is 16.7. The van der Waals surface area contributed by atoms with Gasteiger partial charge in [0.15, 0.2) is 0 Å². The number of hydrogen-bond acceptors (Lipinski definition) is 4. The minimum atomic E-state index is -0.372. The maximum Gasteiger partial charge on any atom is 0.496 e. The molecule has 2 N–H and O–H groups in total. The zero-order valence-corrected chi connectivity index (χ0v) is 12.0. The van der Waals surface area contributed by atoms with Crippen LogP contribution in [0.15, 0.2) is 24.5 Å². The lowest BCUT2D eigenvalue weighted by Gasteiger charge is -2.32. The first-order chi connectivity index (χ1) is 8.86. The standard InChI is InChI=1S/C14H21BN2O2/c1-13(2)14(3,4)19-15(18-13)12-8-11(6-5-7-16)9-17-10-12/h5-6,8-10H,7,16H2,1-4H3. The van der Waals surface area contributed by atoms with E-state index in [1.54, 1.807) is 12.4 Å². The number of rotatable bonds is 3. The average Bonchev–Trinajstić information content (AvgIpc) is 2.56. The van der Waals surface area contributed by atoms with Gasteiger partial charge < -0.3 is 15.0 Å². The van der Waals surface area contributed by atoms with Gasteiger partial charge in [-0.25, -0.2) is 0 Å². The average molecular weight is 260 g/mol. The maximum absolute atomic E-state index is 6.00. The lowest BCUT2D eigenvalue weighted by molar-refractivity contribution is 0.00578. The van der Waals surface area contributed by atoms with Crippen LogP contribution in [0.3, 0.4) is 0 Å². The molecule has 102 valence electrons. The van der Waals surface area contributed by atoms with Crippen LogP contribution < -0.4 is 11.2 Å². The van der Waals surface area contributed by atoms with Crippen LogP contribution in [0.1, 0.15) is 33.3 Å². The first kappa shape index (κ1) is 14.2. The van der Waals surface area contributed by atoms with Crippen LogP contribution in [-0.2, 0) is 9.31 Å². The van der Waals surface area contributed by atoms with Crippen molar-refractivity contribution in [1.29, 1.82) is 0 Å². The molecule has 1 aromatic rings. The molecule has 2 heterocycles. The summed E-state index contributed by atoms with van der Waals surface area (Å²) in [7, 11) is -0.372. The molecule has 0 atom stereocenters. The summed E-state index contributed by atoms with van der Waals surface area (Å²) in [5, 5.41) is 0. The van der Waals surface area contributed by atoms with E-state index in [4.69, 9.17) is 15.0 Å². The Morgan fingerprint density at radius 3 is 2.42 bits per heavy atom. The third kappa shape index (κ3) is 2.89. The van der Waals surface area contributed by atoms with Gasteiger partial charge in [0.25, 0.3) is 0 Å². The van der Waals surface area contributed by atoms with Crippen LogP contribution in [0.2, 0.25) is 0 Å². The quantitative estimate of drug-likeness (QED) is 0.833. The van der Waals surface area contributed by atoms with Gasteiger partial charge in [0.2, 0.25) is 0 Å². The monoisotopic (exact) mass is 260 g/mol. The van der Waals surface area contributed by atoms with E-state index in [1.807, 2.05) is 45.9 Å². The van der Waals surface area contributed by atoms with Crippen LogP contribution in [0.25, 0.3) is 6.08 Å². The molecule has 0 aromatic carbocycles. The van der Waals surface area contributed by atoms with Crippen molar-refractivity contribution >= 4 is 18.7 Å². The fourth-order valence-electron chi connectivity index (χ4n) is 1.88. The second-order valence-electron chi connectivity index (χ2n) is 5.78. The van der Waals surface area contributed by atoms with Gasteiger partial charge in [0, 0.05) is 24.4 Å². The second-order valence-corrected chi connectivity index (χ2v) is 5.78. The molecule has 0 radical (unpaired) electrons. The molecule has 0 amide bonds. The Morgan fingerprint density at radius 2 is 1.84 bits per heavy atom. The summed E-state index contributed by atoms with van der Waals surface area (Å²) >= 11 is 0. The molecule has 1 aromatic heterocycles. The van der Waals surface area contributed by atoms with Crippen molar-refractivity contribution in [3.8, 4) is 0 Å². The van der Waals surface area contributed by atoms with Crippen molar-refractivity contribution < 1.29 is 9.31 Å². The molecule has 4 nitrogen and oxygen atoms in total. The van der Waals surface area contributed by atoms with Crippen LogP contribution >= 0.6 is 0 Å². The fraction of sp³-hybridized carbons (Fsp3) is 0.500. The van der Waals surface area contributed by atoms with Crippen LogP contribution in [0.5, 0.6) is 0 Å². The summed E-state index contributed by atoms with van der Waals surface area (Å²) in [5.41, 5.74) is 6.71. The highest BCUT2D eigenvalue weighted by Crippen LogP contribution is 2.36. The predicted octanol–water partition coefficient (Wildman–Crippen LogP) is 1.35. The Morgan fingerprint density at radius 1 is 1.21 bits per heavy atom. The molecule has 19 heavy (non-hydrogen) atoms. The van der Waals surface area contributed by atoms with Crippen molar-refractivity contribution in [3.63, 3.8) is 0 Å². The van der Waals surface area contributed by atoms with Gasteiger partial charge in [0.05, 0.1) is 11.2 Å². The van der Waals surface area contributed by atoms with Gasteiger partial charge in [-0.05, 0) is 33.3 Å². The van der Waals surface area contributed by atoms with Gasteiger partial charge in [-0.1, -0.05) is 18.2 Å². The molecule has 0 aliphatic carbocycles. The summed E-state index contributed by atoms with van der Waals surface area (Å²) in [6, 6.07) is 2.02. The third-order valence-electron chi connectivity index (χ3n) is 3.75. The minimum Gasteiger partial charge on any atom is -0.399 e. The minimum absolute atomic E-state index is 0.333. The number of nitrogens with two attached hydrogens (primary N) is 1. The first-order valence-electron chi connectivity index (χ1n) is 6.53. The molecular formula is C14H21BN2O2. The summed E-state index contributed by atoms with van der Waals surface area (Å²) < 4.78 is 12.0. The number of pyridine rings is 1. The molecule has 1 aliphatic rings. The number of aromatic nitrogens is 1. The highest BCUT2D eigenvalue weighted by molar-refractivity contribution is 6.62. The van der Waals surface area contributed by atoms with Crippen molar-refractivity contribution in [3.05, 3.63) is 30.1 Å². The molecule has 0 spiro atoms. The van der Waals surface area contributed by atoms with Gasteiger partial charge in [-0.15, -0.1) is 0 Å². The first-order valence-corrected chi connectivity index (χ1v) is 6.53. The molecule has 5 heteroatoms. The SMILES string of the molecule is CC1(C)OB(c2cncc(C=CCN)c2)OC1(C)C. The fourth-order valence-corrected chi connectivity index (χ4v) is 1.88. The van der Waals surface area contributed by atoms with Crippen molar-refractivity contribution in [2.75, 3.05) is 6.54 Å². The summed E-state index contributed by atoms with van der Waals surface area (Å²) in [6.07, 6.45) is 7.41. The molecular weight excluding hydrogens is 239 g/mol. The predicted molar refractivity (Wildman–Crippen MR) is 78.0 cm³/mol. The maximum atomic E-state index is 6.00. The largest absolute Gasteiger partial charge is 0.496 e. The van der Waals surface area contributed by atoms with Crippen LogP contribution in [0.4, 0.5) is 0 Å². The van der Waals surface area contributed by atoms with E-state index in [0.717, 1.165) is 11.0 Å². The van der Waals surface area contributed by atoms with E-state index >= 15 is 0 Å². The molecule has 0 bridgehead atoms. The molecule has 1 aliphatic heterocycles. The van der Waals surface area contributed by atoms with Gasteiger partial charge in [-0.2, -0.15) is 0 Å². The Hall–Kier alpha value is -1.17. The van der Waals surface area contributed by atoms with Crippen molar-refractivity contribution in [2.24, 2.45) is 5.73 Å². The van der Waals surface area contributed by atoms with Crippen molar-refractivity contribution in [2.45, 2.75) is 38.9 Å². The molecule has 0 saturated carbocycles. The van der Waals surface area contributed by atoms with Crippen molar-refractivity contribution in [1.82, 2.24) is 4.98 Å². The van der Waals surface area contributed by atoms with Crippen LogP contribution in [-0.4, -0.2) is 29.8 Å².